The van der Waals surface area contributed by atoms with Crippen LogP contribution >= 0.6 is 23.2 Å². The molecule has 5 nitrogen and oxygen atoms in total. The van der Waals surface area contributed by atoms with Gasteiger partial charge in [-0.1, -0.05) is 59.6 Å². The summed E-state index contributed by atoms with van der Waals surface area (Å²) >= 11 is 12.0. The van der Waals surface area contributed by atoms with Crippen molar-refractivity contribution in [2.24, 2.45) is 5.92 Å². The van der Waals surface area contributed by atoms with Gasteiger partial charge in [0.15, 0.2) is 0 Å². The molecule has 1 fully saturated rings. The Labute approximate surface area is 175 Å². The summed E-state index contributed by atoms with van der Waals surface area (Å²) in [5.41, 5.74) is 1.56. The van der Waals surface area contributed by atoms with Gasteiger partial charge in [-0.3, -0.25) is 4.79 Å². The molecule has 1 amide bonds. The second-order valence-electron chi connectivity index (χ2n) is 6.87. The normalized spacial score (nSPS) is 16.1. The number of nitrogens with one attached hydrogen (secondary N) is 1. The van der Waals surface area contributed by atoms with Gasteiger partial charge in [0.2, 0.25) is 15.9 Å². The van der Waals surface area contributed by atoms with Crippen LogP contribution in [0.25, 0.3) is 0 Å². The van der Waals surface area contributed by atoms with Gasteiger partial charge in [-0.2, -0.15) is 0 Å². The van der Waals surface area contributed by atoms with E-state index in [0.29, 0.717) is 48.1 Å². The van der Waals surface area contributed by atoms with Crippen molar-refractivity contribution in [3.8, 4) is 0 Å². The van der Waals surface area contributed by atoms with E-state index in [2.05, 4.69) is 5.32 Å². The Kier molecular flexibility index (Phi) is 6.99. The van der Waals surface area contributed by atoms with Gasteiger partial charge in [0.1, 0.15) is 0 Å². The zero-order chi connectivity index (χ0) is 20.1. The predicted molar refractivity (Wildman–Crippen MR) is 112 cm³/mol. The molecule has 1 heterocycles. The third kappa shape index (κ3) is 5.47. The van der Waals surface area contributed by atoms with Crippen molar-refractivity contribution in [1.82, 2.24) is 9.62 Å². The lowest BCUT2D eigenvalue weighted by atomic mass is 9.97. The number of hydrogen-bond donors (Lipinski definition) is 1. The maximum absolute atomic E-state index is 12.7. The Hall–Kier alpha value is -1.60. The van der Waals surface area contributed by atoms with E-state index in [9.17, 15) is 13.2 Å². The lowest BCUT2D eigenvalue weighted by molar-refractivity contribution is -0.126. The molecule has 2 aromatic rings. The molecule has 150 valence electrons. The van der Waals surface area contributed by atoms with Crippen LogP contribution in [0.1, 0.15) is 24.0 Å². The van der Waals surface area contributed by atoms with Crippen molar-refractivity contribution in [3.05, 3.63) is 69.7 Å². The van der Waals surface area contributed by atoms with Crippen LogP contribution < -0.4 is 5.32 Å². The number of sulfonamides is 1. The largest absolute Gasteiger partial charge is 0.352 e. The maximum Gasteiger partial charge on any atom is 0.223 e. The van der Waals surface area contributed by atoms with Crippen molar-refractivity contribution in [3.63, 3.8) is 0 Å². The average molecular weight is 441 g/mol. The summed E-state index contributed by atoms with van der Waals surface area (Å²) in [6.07, 6.45) is 1.02. The lowest BCUT2D eigenvalue weighted by Crippen LogP contribution is -2.43. The van der Waals surface area contributed by atoms with Crippen LogP contribution in [0.3, 0.4) is 0 Å². The lowest BCUT2D eigenvalue weighted by Gasteiger charge is -2.30. The number of piperidine rings is 1. The van der Waals surface area contributed by atoms with Gasteiger partial charge in [-0.15, -0.1) is 0 Å². The number of carbonyl (C=O) groups excluding carboxylic acids is 1. The minimum absolute atomic E-state index is 0.0263. The number of nitrogens with zero attached hydrogens (tertiary/aromatic N) is 1. The molecule has 0 bridgehead atoms. The summed E-state index contributed by atoms with van der Waals surface area (Å²) < 4.78 is 26.9. The highest BCUT2D eigenvalue weighted by Crippen LogP contribution is 2.26. The van der Waals surface area contributed by atoms with Gasteiger partial charge in [-0.05, 0) is 36.1 Å². The molecular formula is C20H22Cl2N2O3S. The quantitative estimate of drug-likeness (QED) is 0.741. The van der Waals surface area contributed by atoms with Crippen LogP contribution in [0.15, 0.2) is 48.5 Å². The Bertz CT molecular complexity index is 928. The Morgan fingerprint density at radius 1 is 1.07 bits per heavy atom. The number of halogens is 2. The molecule has 8 heteroatoms. The third-order valence-electron chi connectivity index (χ3n) is 4.88. The van der Waals surface area contributed by atoms with E-state index in [0.717, 1.165) is 5.56 Å². The molecule has 3 rings (SSSR count). The van der Waals surface area contributed by atoms with Crippen molar-refractivity contribution in [2.45, 2.75) is 25.1 Å². The predicted octanol–water partition coefficient (Wildman–Crippen LogP) is 3.85. The standard InChI is InChI=1S/C20H22Cl2N2O3S/c21-18-7-6-17(19(22)12-18)14-28(26,27)24-10-8-16(9-11-24)20(25)23-13-15-4-2-1-3-5-15/h1-7,12,16H,8-11,13-14H2,(H,23,25). The molecule has 2 aromatic carbocycles. The topological polar surface area (TPSA) is 66.5 Å². The van der Waals surface area contributed by atoms with Crippen LogP contribution in [-0.4, -0.2) is 31.7 Å². The van der Waals surface area contributed by atoms with Gasteiger partial charge in [0, 0.05) is 35.6 Å². The first-order chi connectivity index (χ1) is 13.3. The first kappa shape index (κ1) is 21.1. The zero-order valence-corrected chi connectivity index (χ0v) is 17.6. The van der Waals surface area contributed by atoms with Crippen LogP contribution in [0.2, 0.25) is 10.0 Å². The van der Waals surface area contributed by atoms with E-state index in [1.807, 2.05) is 30.3 Å². The summed E-state index contributed by atoms with van der Waals surface area (Å²) in [7, 11) is -3.50. The first-order valence-electron chi connectivity index (χ1n) is 9.08. The fourth-order valence-electron chi connectivity index (χ4n) is 3.25. The molecule has 0 atom stereocenters. The molecule has 28 heavy (non-hydrogen) atoms. The number of carbonyl (C=O) groups is 1. The van der Waals surface area contributed by atoms with E-state index >= 15 is 0 Å². The Morgan fingerprint density at radius 3 is 2.39 bits per heavy atom. The molecule has 0 unspecified atom stereocenters. The second kappa shape index (κ2) is 9.27. The highest BCUT2D eigenvalue weighted by atomic mass is 35.5. The third-order valence-corrected chi connectivity index (χ3v) is 7.30. The first-order valence-corrected chi connectivity index (χ1v) is 11.4. The zero-order valence-electron chi connectivity index (χ0n) is 15.3. The number of hydrogen-bond acceptors (Lipinski definition) is 3. The molecule has 0 saturated carbocycles. The molecule has 1 N–H and O–H groups in total. The summed E-state index contributed by atoms with van der Waals surface area (Å²) in [5.74, 6) is -0.371. The van der Waals surface area contributed by atoms with Gasteiger partial charge >= 0.3 is 0 Å². The van der Waals surface area contributed by atoms with Crippen molar-refractivity contribution in [2.75, 3.05) is 13.1 Å². The molecule has 0 radical (unpaired) electrons. The fraction of sp³-hybridized carbons (Fsp3) is 0.350. The Balaban J connectivity index is 1.53. The summed E-state index contributed by atoms with van der Waals surface area (Å²) in [5, 5.41) is 3.74. The highest BCUT2D eigenvalue weighted by Gasteiger charge is 2.31. The van der Waals surface area contributed by atoms with Gasteiger partial charge in [-0.25, -0.2) is 12.7 Å². The summed E-state index contributed by atoms with van der Waals surface area (Å²) in [4.78, 5) is 12.4. The van der Waals surface area contributed by atoms with Crippen LogP contribution in [-0.2, 0) is 27.1 Å². The van der Waals surface area contributed by atoms with Crippen LogP contribution in [0.4, 0.5) is 0 Å². The monoisotopic (exact) mass is 440 g/mol. The Morgan fingerprint density at radius 2 is 1.75 bits per heavy atom. The molecular weight excluding hydrogens is 419 g/mol. The van der Waals surface area contributed by atoms with E-state index < -0.39 is 10.0 Å². The van der Waals surface area contributed by atoms with Crippen molar-refractivity contribution in [1.29, 1.82) is 0 Å². The second-order valence-corrected chi connectivity index (χ2v) is 9.68. The van der Waals surface area contributed by atoms with Crippen molar-refractivity contribution >= 4 is 39.1 Å². The number of rotatable bonds is 6. The van der Waals surface area contributed by atoms with E-state index in [-0.39, 0.29) is 17.6 Å². The number of benzene rings is 2. The molecule has 1 aliphatic rings. The van der Waals surface area contributed by atoms with Crippen molar-refractivity contribution < 1.29 is 13.2 Å². The van der Waals surface area contributed by atoms with Gasteiger partial charge in [0.25, 0.3) is 0 Å². The van der Waals surface area contributed by atoms with Crippen LogP contribution in [0, 0.1) is 5.92 Å². The number of amides is 1. The SMILES string of the molecule is O=C(NCc1ccccc1)C1CCN(S(=O)(=O)Cc2ccc(Cl)cc2Cl)CC1. The molecule has 0 aromatic heterocycles. The van der Waals surface area contributed by atoms with E-state index in [4.69, 9.17) is 23.2 Å². The summed E-state index contributed by atoms with van der Waals surface area (Å²) in [6, 6.07) is 14.5. The van der Waals surface area contributed by atoms with E-state index in [1.165, 1.54) is 10.4 Å². The fourth-order valence-corrected chi connectivity index (χ4v) is 5.40. The maximum atomic E-state index is 12.7. The molecule has 1 saturated heterocycles. The smallest absolute Gasteiger partial charge is 0.223 e. The summed E-state index contributed by atoms with van der Waals surface area (Å²) in [6.45, 7) is 1.14. The molecule has 1 aliphatic heterocycles. The van der Waals surface area contributed by atoms with Gasteiger partial charge < -0.3 is 5.32 Å². The minimum atomic E-state index is -3.50. The molecule has 0 spiro atoms. The highest BCUT2D eigenvalue weighted by molar-refractivity contribution is 7.88. The van der Waals surface area contributed by atoms with Crippen LogP contribution in [0.5, 0.6) is 0 Å². The minimum Gasteiger partial charge on any atom is -0.352 e. The average Bonchev–Trinajstić information content (AvgIpc) is 2.69. The molecule has 0 aliphatic carbocycles. The van der Waals surface area contributed by atoms with Gasteiger partial charge in [0.05, 0.1) is 5.75 Å². The van der Waals surface area contributed by atoms with E-state index in [1.54, 1.807) is 12.1 Å².